The van der Waals surface area contributed by atoms with E-state index in [2.05, 4.69) is 15.2 Å². The predicted octanol–water partition coefficient (Wildman–Crippen LogP) is 2.75. The van der Waals surface area contributed by atoms with E-state index in [-0.39, 0.29) is 16.3 Å². The van der Waals surface area contributed by atoms with Crippen molar-refractivity contribution in [3.8, 4) is 0 Å². The Balaban J connectivity index is 1.58. The topological polar surface area (TPSA) is 84.9 Å². The van der Waals surface area contributed by atoms with Crippen LogP contribution in [0.3, 0.4) is 0 Å². The number of anilines is 1. The van der Waals surface area contributed by atoms with Gasteiger partial charge in [-0.15, -0.1) is 0 Å². The van der Waals surface area contributed by atoms with E-state index in [4.69, 9.17) is 4.74 Å². The molecule has 0 spiro atoms. The number of hydrogen-bond acceptors (Lipinski definition) is 7. The summed E-state index contributed by atoms with van der Waals surface area (Å²) in [5, 5.41) is 16.7. The van der Waals surface area contributed by atoms with Crippen molar-refractivity contribution in [1.29, 1.82) is 0 Å². The lowest BCUT2D eigenvalue weighted by Crippen LogP contribution is -2.58. The molecule has 9 heteroatoms. The zero-order valence-electron chi connectivity index (χ0n) is 14.1. The van der Waals surface area contributed by atoms with Gasteiger partial charge in [0.1, 0.15) is 6.20 Å². The summed E-state index contributed by atoms with van der Waals surface area (Å²) in [6, 6.07) is 0. The van der Waals surface area contributed by atoms with Gasteiger partial charge in [0.2, 0.25) is 5.82 Å². The van der Waals surface area contributed by atoms with Gasteiger partial charge in [-0.1, -0.05) is 30.6 Å². The quantitative estimate of drug-likeness (QED) is 0.648. The highest BCUT2D eigenvalue weighted by molar-refractivity contribution is 7.15. The molecule has 0 radical (unpaired) electrons. The predicted molar refractivity (Wildman–Crippen MR) is 96.4 cm³/mol. The Morgan fingerprint density at radius 1 is 1.32 bits per heavy atom. The van der Waals surface area contributed by atoms with Crippen LogP contribution in [0.2, 0.25) is 0 Å². The summed E-state index contributed by atoms with van der Waals surface area (Å²) < 4.78 is 7.06. The van der Waals surface area contributed by atoms with Crippen LogP contribution in [0.5, 0.6) is 0 Å². The molecule has 1 saturated heterocycles. The van der Waals surface area contributed by atoms with Crippen molar-refractivity contribution in [1.82, 2.24) is 14.3 Å². The lowest BCUT2D eigenvalue weighted by atomic mass is 9.79. The van der Waals surface area contributed by atoms with Crippen LogP contribution in [0.1, 0.15) is 32.1 Å². The number of ether oxygens (including phenoxy) is 1. The number of morpholine rings is 1. The fourth-order valence-corrected chi connectivity index (χ4v) is 4.88. The van der Waals surface area contributed by atoms with E-state index in [1.807, 2.05) is 5.38 Å². The number of nitrogens with one attached hydrogen (secondary N) is 1. The minimum absolute atomic E-state index is 0.0317. The van der Waals surface area contributed by atoms with Crippen molar-refractivity contribution in [2.45, 2.75) is 37.6 Å². The molecule has 0 bridgehead atoms. The SMILES string of the molecule is O=[N+]([O-])c1c(NCC2(N3CCOCC3)CCCCC2)nc2sccn12. The third-order valence-corrected chi connectivity index (χ3v) is 6.22. The normalized spacial score (nSPS) is 21.4. The Morgan fingerprint density at radius 2 is 2.08 bits per heavy atom. The van der Waals surface area contributed by atoms with Crippen LogP contribution in [-0.2, 0) is 4.74 Å². The van der Waals surface area contributed by atoms with Gasteiger partial charge in [0.05, 0.1) is 13.2 Å². The van der Waals surface area contributed by atoms with Gasteiger partial charge in [-0.05, 0) is 17.8 Å². The molecule has 1 aliphatic heterocycles. The monoisotopic (exact) mass is 365 g/mol. The summed E-state index contributed by atoms with van der Waals surface area (Å²) in [4.78, 5) is 18.8. The summed E-state index contributed by atoms with van der Waals surface area (Å²) in [5.41, 5.74) is 0.0486. The molecular formula is C16H23N5O3S. The summed E-state index contributed by atoms with van der Waals surface area (Å²) in [5.74, 6) is 0.416. The van der Waals surface area contributed by atoms with Gasteiger partial charge in [0.15, 0.2) is 0 Å². The molecule has 2 fully saturated rings. The highest BCUT2D eigenvalue weighted by atomic mass is 32.1. The van der Waals surface area contributed by atoms with E-state index in [1.165, 1.54) is 30.6 Å². The van der Waals surface area contributed by atoms with E-state index >= 15 is 0 Å². The van der Waals surface area contributed by atoms with Gasteiger partial charge < -0.3 is 20.2 Å². The molecule has 2 aromatic rings. The number of aromatic nitrogens is 2. The molecule has 8 nitrogen and oxygen atoms in total. The summed E-state index contributed by atoms with van der Waals surface area (Å²) in [7, 11) is 0. The third-order valence-electron chi connectivity index (χ3n) is 5.46. The molecule has 0 atom stereocenters. The molecule has 1 saturated carbocycles. The minimum atomic E-state index is -0.350. The summed E-state index contributed by atoms with van der Waals surface area (Å²) >= 11 is 1.41. The molecular weight excluding hydrogens is 342 g/mol. The Morgan fingerprint density at radius 3 is 2.80 bits per heavy atom. The molecule has 0 unspecified atom stereocenters. The van der Waals surface area contributed by atoms with E-state index < -0.39 is 0 Å². The van der Waals surface area contributed by atoms with Gasteiger partial charge in [0, 0.05) is 30.6 Å². The van der Waals surface area contributed by atoms with Crippen molar-refractivity contribution in [3.05, 3.63) is 21.7 Å². The van der Waals surface area contributed by atoms with Gasteiger partial charge in [-0.25, -0.2) is 0 Å². The second kappa shape index (κ2) is 6.89. The van der Waals surface area contributed by atoms with Crippen molar-refractivity contribution >= 4 is 27.9 Å². The van der Waals surface area contributed by atoms with Crippen molar-refractivity contribution in [2.75, 3.05) is 38.2 Å². The van der Waals surface area contributed by atoms with Gasteiger partial charge in [-0.2, -0.15) is 9.38 Å². The Bertz CT molecular complexity index is 746. The molecule has 136 valence electrons. The Labute approximate surface area is 149 Å². The number of imidazole rings is 1. The molecule has 0 amide bonds. The van der Waals surface area contributed by atoms with Gasteiger partial charge in [-0.3, -0.25) is 4.90 Å². The van der Waals surface area contributed by atoms with Crippen LogP contribution in [0.4, 0.5) is 11.6 Å². The lowest BCUT2D eigenvalue weighted by Gasteiger charge is -2.48. The fraction of sp³-hybridized carbons (Fsp3) is 0.688. The van der Waals surface area contributed by atoms with E-state index in [0.29, 0.717) is 17.3 Å². The van der Waals surface area contributed by atoms with Crippen LogP contribution in [0, 0.1) is 10.1 Å². The first-order valence-electron chi connectivity index (χ1n) is 8.86. The maximum absolute atomic E-state index is 11.5. The van der Waals surface area contributed by atoms with Crippen LogP contribution in [0.25, 0.3) is 4.96 Å². The fourth-order valence-electron chi connectivity index (χ4n) is 4.17. The van der Waals surface area contributed by atoms with Crippen molar-refractivity contribution < 1.29 is 9.66 Å². The molecule has 0 aromatic carbocycles. The number of rotatable bonds is 5. The van der Waals surface area contributed by atoms with Gasteiger partial charge in [0.25, 0.3) is 4.96 Å². The number of nitrogens with zero attached hydrogens (tertiary/aromatic N) is 4. The van der Waals surface area contributed by atoms with E-state index in [9.17, 15) is 10.1 Å². The smallest absolute Gasteiger partial charge is 0.372 e. The molecule has 2 aliphatic rings. The summed E-state index contributed by atoms with van der Waals surface area (Å²) in [6.45, 7) is 4.09. The minimum Gasteiger partial charge on any atom is -0.379 e. The second-order valence-corrected chi connectivity index (χ2v) is 7.71. The first kappa shape index (κ1) is 16.7. The highest BCUT2D eigenvalue weighted by Crippen LogP contribution is 2.36. The van der Waals surface area contributed by atoms with Crippen LogP contribution in [0.15, 0.2) is 11.6 Å². The molecule has 25 heavy (non-hydrogen) atoms. The molecule has 1 aliphatic carbocycles. The molecule has 4 rings (SSSR count). The maximum Gasteiger partial charge on any atom is 0.372 e. The highest BCUT2D eigenvalue weighted by Gasteiger charge is 2.39. The van der Waals surface area contributed by atoms with Crippen LogP contribution < -0.4 is 5.32 Å². The number of fused-ring (bicyclic) bond motifs is 1. The van der Waals surface area contributed by atoms with Gasteiger partial charge >= 0.3 is 5.82 Å². The third kappa shape index (κ3) is 3.11. The first-order valence-corrected chi connectivity index (χ1v) is 9.74. The zero-order valence-corrected chi connectivity index (χ0v) is 15.0. The van der Waals surface area contributed by atoms with Crippen molar-refractivity contribution in [3.63, 3.8) is 0 Å². The average Bonchev–Trinajstić information content (AvgIpc) is 3.22. The van der Waals surface area contributed by atoms with Crippen LogP contribution in [-0.4, -0.2) is 57.6 Å². The number of nitro groups is 1. The van der Waals surface area contributed by atoms with Crippen molar-refractivity contribution in [2.24, 2.45) is 0 Å². The number of thiazole rings is 1. The van der Waals surface area contributed by atoms with E-state index in [0.717, 1.165) is 39.1 Å². The van der Waals surface area contributed by atoms with E-state index in [1.54, 1.807) is 10.6 Å². The maximum atomic E-state index is 11.5. The summed E-state index contributed by atoms with van der Waals surface area (Å²) in [6.07, 6.45) is 7.63. The number of hydrogen-bond donors (Lipinski definition) is 1. The molecule has 2 aromatic heterocycles. The first-order chi connectivity index (χ1) is 12.2. The Kier molecular flexibility index (Phi) is 4.61. The largest absolute Gasteiger partial charge is 0.379 e. The average molecular weight is 365 g/mol. The van der Waals surface area contributed by atoms with Crippen LogP contribution >= 0.6 is 11.3 Å². The molecule has 3 heterocycles. The Hall–Kier alpha value is -1.71. The zero-order chi connectivity index (χ0) is 17.3. The standard InChI is InChI=1S/C16H23N5O3S/c22-21(23)14-13(18-15-20(14)8-11-25-15)17-12-16(4-2-1-3-5-16)19-6-9-24-10-7-19/h8,11,17H,1-7,9-10,12H2. The molecule has 1 N–H and O–H groups in total. The lowest BCUT2D eigenvalue weighted by molar-refractivity contribution is -0.389. The second-order valence-electron chi connectivity index (χ2n) is 6.83.